The van der Waals surface area contributed by atoms with Gasteiger partial charge in [0, 0.05) is 44.5 Å². The zero-order chi connectivity index (χ0) is 21.2. The van der Waals surface area contributed by atoms with Crippen molar-refractivity contribution in [2.45, 2.75) is 26.4 Å². The van der Waals surface area contributed by atoms with E-state index in [1.165, 1.54) is 11.1 Å². The number of ether oxygens (including phenoxy) is 1. The van der Waals surface area contributed by atoms with Crippen LogP contribution < -0.4 is 4.74 Å². The maximum absolute atomic E-state index is 6.08. The lowest BCUT2D eigenvalue weighted by Gasteiger charge is -2.36. The molecule has 0 aliphatic carbocycles. The molecule has 0 radical (unpaired) electrons. The highest BCUT2D eigenvalue weighted by molar-refractivity contribution is 5.89. The molecule has 1 N–H and O–H groups in total. The third-order valence-electron chi connectivity index (χ3n) is 6.12. The Labute approximate surface area is 183 Å². The fraction of sp³-hybridized carbons (Fsp3) is 0.360. The van der Waals surface area contributed by atoms with Gasteiger partial charge in [0.2, 0.25) is 0 Å². The quantitative estimate of drug-likeness (QED) is 0.650. The molecule has 6 heteroatoms. The summed E-state index contributed by atoms with van der Waals surface area (Å²) in [5.41, 5.74) is 4.42. The minimum atomic E-state index is 0.622. The molecule has 3 aromatic rings. The van der Waals surface area contributed by atoms with Gasteiger partial charge in [-0.2, -0.15) is 0 Å². The smallest absolute Gasteiger partial charge is 0.129 e. The van der Waals surface area contributed by atoms with Crippen molar-refractivity contribution in [2.24, 2.45) is 4.99 Å². The molecule has 31 heavy (non-hydrogen) atoms. The van der Waals surface area contributed by atoms with Crippen molar-refractivity contribution in [3.63, 3.8) is 0 Å². The number of piperazine rings is 1. The average Bonchev–Trinajstić information content (AvgIpc) is 3.44. The zero-order valence-corrected chi connectivity index (χ0v) is 18.2. The Kier molecular flexibility index (Phi) is 5.57. The molecule has 3 heterocycles. The predicted molar refractivity (Wildman–Crippen MR) is 126 cm³/mol. The summed E-state index contributed by atoms with van der Waals surface area (Å²) >= 11 is 0. The van der Waals surface area contributed by atoms with Gasteiger partial charge in [0.05, 0.1) is 24.1 Å². The number of hydrogen-bond acceptors (Lipinski definition) is 5. The summed E-state index contributed by atoms with van der Waals surface area (Å²) in [4.78, 5) is 17.5. The molecule has 6 nitrogen and oxygen atoms in total. The number of H-pyrrole nitrogens is 1. The van der Waals surface area contributed by atoms with Crippen LogP contribution in [0.5, 0.6) is 11.5 Å². The van der Waals surface area contributed by atoms with Crippen molar-refractivity contribution in [3.8, 4) is 11.5 Å². The standard InChI is InChI=1S/C25H29N5O/c1-18(2)30-13-11-29(12-14-30)17-25-27-23-8-7-22(15-24(23)28-25)31-21-5-3-19(4-6-21)20-9-10-26-16-20/h3-10,15,18H,11-14,16-17H2,1-2H3,(H,27,28). The number of nitrogens with one attached hydrogen (secondary N) is 1. The molecule has 1 aromatic heterocycles. The molecule has 5 rings (SSSR count). The Hall–Kier alpha value is -2.96. The second-order valence-electron chi connectivity index (χ2n) is 8.58. The van der Waals surface area contributed by atoms with Gasteiger partial charge < -0.3 is 9.72 Å². The van der Waals surface area contributed by atoms with Crippen LogP contribution in [0, 0.1) is 0 Å². The van der Waals surface area contributed by atoms with E-state index in [4.69, 9.17) is 9.72 Å². The van der Waals surface area contributed by atoms with E-state index >= 15 is 0 Å². The first-order valence-corrected chi connectivity index (χ1v) is 11.1. The molecule has 1 saturated heterocycles. The number of aromatic amines is 1. The SMILES string of the molecule is CC(C)N1CCN(Cc2nc3ccc(Oc4ccc(C5=CC=NC5)cc4)cc3[nH]2)CC1. The van der Waals surface area contributed by atoms with Gasteiger partial charge in [-0.25, -0.2) is 4.98 Å². The lowest BCUT2D eigenvalue weighted by atomic mass is 10.1. The lowest BCUT2D eigenvalue weighted by molar-refractivity contribution is 0.102. The number of rotatable bonds is 6. The third kappa shape index (κ3) is 4.55. The largest absolute Gasteiger partial charge is 0.457 e. The molecule has 0 bridgehead atoms. The number of fused-ring (bicyclic) bond motifs is 1. The number of hydrogen-bond donors (Lipinski definition) is 1. The highest BCUT2D eigenvalue weighted by atomic mass is 16.5. The summed E-state index contributed by atoms with van der Waals surface area (Å²) in [6.45, 7) is 10.6. The zero-order valence-electron chi connectivity index (χ0n) is 18.2. The fourth-order valence-electron chi connectivity index (χ4n) is 4.24. The van der Waals surface area contributed by atoms with Gasteiger partial charge in [-0.3, -0.25) is 14.8 Å². The van der Waals surface area contributed by atoms with Crippen LogP contribution in [0.25, 0.3) is 16.6 Å². The van der Waals surface area contributed by atoms with E-state index in [1.807, 2.05) is 36.5 Å². The Bertz CT molecular complexity index is 1100. The van der Waals surface area contributed by atoms with Crippen molar-refractivity contribution < 1.29 is 4.74 Å². The monoisotopic (exact) mass is 415 g/mol. The predicted octanol–water partition coefficient (Wildman–Crippen LogP) is 4.35. The van der Waals surface area contributed by atoms with Crippen LogP contribution in [-0.4, -0.2) is 64.7 Å². The van der Waals surface area contributed by atoms with Crippen molar-refractivity contribution in [1.82, 2.24) is 19.8 Å². The summed E-state index contributed by atoms with van der Waals surface area (Å²) in [6.07, 6.45) is 3.92. The van der Waals surface area contributed by atoms with Crippen LogP contribution in [0.3, 0.4) is 0 Å². The summed E-state index contributed by atoms with van der Waals surface area (Å²) in [7, 11) is 0. The second-order valence-corrected chi connectivity index (χ2v) is 8.58. The number of aromatic nitrogens is 2. The van der Waals surface area contributed by atoms with E-state index in [2.05, 4.69) is 51.8 Å². The molecule has 160 valence electrons. The summed E-state index contributed by atoms with van der Waals surface area (Å²) in [6, 6.07) is 14.8. The van der Waals surface area contributed by atoms with E-state index in [0.717, 1.165) is 67.6 Å². The Morgan fingerprint density at radius 2 is 1.77 bits per heavy atom. The molecule has 2 aliphatic rings. The second kappa shape index (κ2) is 8.65. The van der Waals surface area contributed by atoms with Gasteiger partial charge in [0.15, 0.2) is 0 Å². The highest BCUT2D eigenvalue weighted by Gasteiger charge is 2.19. The van der Waals surface area contributed by atoms with Crippen molar-refractivity contribution in [2.75, 3.05) is 32.7 Å². The van der Waals surface area contributed by atoms with Crippen molar-refractivity contribution in [3.05, 3.63) is 59.9 Å². The Morgan fingerprint density at radius 1 is 1.00 bits per heavy atom. The topological polar surface area (TPSA) is 56.8 Å². The molecule has 0 atom stereocenters. The minimum Gasteiger partial charge on any atom is -0.457 e. The molecule has 1 fully saturated rings. The molecule has 0 spiro atoms. The first kappa shape index (κ1) is 20.0. The summed E-state index contributed by atoms with van der Waals surface area (Å²) in [5, 5.41) is 0. The first-order chi connectivity index (χ1) is 15.1. The molecule has 0 saturated carbocycles. The number of nitrogens with zero attached hydrogens (tertiary/aromatic N) is 4. The van der Waals surface area contributed by atoms with E-state index in [1.54, 1.807) is 0 Å². The van der Waals surface area contributed by atoms with Crippen molar-refractivity contribution in [1.29, 1.82) is 0 Å². The van der Waals surface area contributed by atoms with Gasteiger partial charge in [0.1, 0.15) is 17.3 Å². The van der Waals surface area contributed by atoms with Crippen LogP contribution in [0.2, 0.25) is 0 Å². The van der Waals surface area contributed by atoms with Crippen LogP contribution in [-0.2, 0) is 6.54 Å². The Balaban J connectivity index is 1.23. The van der Waals surface area contributed by atoms with Gasteiger partial charge in [-0.1, -0.05) is 12.1 Å². The van der Waals surface area contributed by atoms with Gasteiger partial charge in [0.25, 0.3) is 0 Å². The van der Waals surface area contributed by atoms with E-state index in [0.29, 0.717) is 6.04 Å². The lowest BCUT2D eigenvalue weighted by Crippen LogP contribution is -2.48. The molecule has 0 amide bonds. The van der Waals surface area contributed by atoms with Crippen LogP contribution in [0.4, 0.5) is 0 Å². The molecule has 2 aliphatic heterocycles. The highest BCUT2D eigenvalue weighted by Crippen LogP contribution is 2.27. The van der Waals surface area contributed by atoms with Crippen LogP contribution >= 0.6 is 0 Å². The third-order valence-corrected chi connectivity index (χ3v) is 6.12. The summed E-state index contributed by atoms with van der Waals surface area (Å²) < 4.78 is 6.08. The van der Waals surface area contributed by atoms with Crippen LogP contribution in [0.15, 0.2) is 53.5 Å². The minimum absolute atomic E-state index is 0.622. The maximum Gasteiger partial charge on any atom is 0.129 e. The molecular formula is C25H29N5O. The fourth-order valence-corrected chi connectivity index (χ4v) is 4.24. The van der Waals surface area contributed by atoms with Gasteiger partial charge in [-0.05, 0) is 55.3 Å². The first-order valence-electron chi connectivity index (χ1n) is 11.1. The summed E-state index contributed by atoms with van der Waals surface area (Å²) in [5.74, 6) is 2.65. The molecule has 2 aromatic carbocycles. The number of aliphatic imine (C=N–C) groups is 1. The van der Waals surface area contributed by atoms with Gasteiger partial charge in [-0.15, -0.1) is 0 Å². The van der Waals surface area contributed by atoms with E-state index in [-0.39, 0.29) is 0 Å². The van der Waals surface area contributed by atoms with Gasteiger partial charge >= 0.3 is 0 Å². The number of imidazole rings is 1. The number of benzene rings is 2. The maximum atomic E-state index is 6.08. The van der Waals surface area contributed by atoms with Crippen LogP contribution in [0.1, 0.15) is 25.2 Å². The average molecular weight is 416 g/mol. The molecule has 0 unspecified atom stereocenters. The number of allylic oxidation sites excluding steroid dienone is 1. The van der Waals surface area contributed by atoms with E-state index in [9.17, 15) is 0 Å². The molecular weight excluding hydrogens is 386 g/mol. The Morgan fingerprint density at radius 3 is 2.48 bits per heavy atom. The van der Waals surface area contributed by atoms with E-state index < -0.39 is 0 Å². The normalized spacial score (nSPS) is 17.6. The van der Waals surface area contributed by atoms with Crippen molar-refractivity contribution >= 4 is 22.8 Å².